The van der Waals surface area contributed by atoms with Crippen LogP contribution in [0, 0.1) is 0 Å². The maximum absolute atomic E-state index is 11.9. The van der Waals surface area contributed by atoms with Crippen LogP contribution >= 0.6 is 0 Å². The zero-order chi connectivity index (χ0) is 13.0. The van der Waals surface area contributed by atoms with Crippen molar-refractivity contribution in [3.63, 3.8) is 0 Å². The Morgan fingerprint density at radius 3 is 2.61 bits per heavy atom. The van der Waals surface area contributed by atoms with Crippen molar-refractivity contribution in [2.24, 2.45) is 0 Å². The maximum Gasteiger partial charge on any atom is 0.258 e. The van der Waals surface area contributed by atoms with Crippen molar-refractivity contribution in [3.05, 3.63) is 48.4 Å². The topological polar surface area (TPSA) is 95.1 Å². The molecule has 96 valence electrons. The summed E-state index contributed by atoms with van der Waals surface area (Å²) >= 11 is 0. The summed E-state index contributed by atoms with van der Waals surface area (Å²) in [5, 5.41) is 9.26. The minimum atomic E-state index is -3.70. The van der Waals surface area contributed by atoms with Crippen molar-refractivity contribution in [2.45, 2.75) is 11.1 Å². The second-order valence-corrected chi connectivity index (χ2v) is 5.37. The first-order valence-electron chi connectivity index (χ1n) is 5.30. The highest BCUT2D eigenvalue weighted by atomic mass is 32.2. The second-order valence-electron chi connectivity index (χ2n) is 3.68. The molecule has 0 aliphatic rings. The van der Waals surface area contributed by atoms with E-state index in [2.05, 4.69) is 14.7 Å². The van der Waals surface area contributed by atoms with E-state index in [1.165, 1.54) is 12.5 Å². The summed E-state index contributed by atoms with van der Waals surface area (Å²) in [4.78, 5) is 6.17. The molecule has 0 saturated carbocycles. The molecule has 2 aromatic rings. The number of aromatic amines is 1. The molecule has 0 spiro atoms. The molecule has 0 fully saturated rings. The molecule has 18 heavy (non-hydrogen) atoms. The van der Waals surface area contributed by atoms with E-state index >= 15 is 0 Å². The quantitative estimate of drug-likeness (QED) is 0.731. The molecule has 0 amide bonds. The first-order chi connectivity index (χ1) is 8.63. The maximum atomic E-state index is 11.9. The summed E-state index contributed by atoms with van der Waals surface area (Å²) in [5.74, 6) is 0. The summed E-state index contributed by atoms with van der Waals surface area (Å²) in [5.41, 5.74) is 0.697. The van der Waals surface area contributed by atoms with Crippen LogP contribution in [0.25, 0.3) is 0 Å². The number of aliphatic hydroxyl groups excluding tert-OH is 1. The predicted octanol–water partition coefficient (Wildman–Crippen LogP) is 0.422. The van der Waals surface area contributed by atoms with E-state index in [0.717, 1.165) is 0 Å². The molecule has 1 aromatic carbocycles. The lowest BCUT2D eigenvalue weighted by atomic mass is 10.1. The number of nitrogens with zero attached hydrogens (tertiary/aromatic N) is 1. The van der Waals surface area contributed by atoms with E-state index in [0.29, 0.717) is 5.56 Å². The highest BCUT2D eigenvalue weighted by molar-refractivity contribution is 7.89. The van der Waals surface area contributed by atoms with Gasteiger partial charge in [0.2, 0.25) is 0 Å². The number of imidazole rings is 1. The van der Waals surface area contributed by atoms with Gasteiger partial charge in [-0.2, -0.15) is 0 Å². The van der Waals surface area contributed by atoms with Crippen molar-refractivity contribution >= 4 is 10.0 Å². The van der Waals surface area contributed by atoms with Crippen LogP contribution in [0.5, 0.6) is 0 Å². The fourth-order valence-electron chi connectivity index (χ4n) is 1.54. The summed E-state index contributed by atoms with van der Waals surface area (Å²) < 4.78 is 26.3. The lowest BCUT2D eigenvalue weighted by Crippen LogP contribution is -2.31. The third-order valence-electron chi connectivity index (χ3n) is 2.44. The molecule has 0 saturated heterocycles. The molecule has 1 atom stereocenters. The van der Waals surface area contributed by atoms with Gasteiger partial charge in [-0.25, -0.2) is 18.1 Å². The monoisotopic (exact) mass is 267 g/mol. The van der Waals surface area contributed by atoms with Crippen LogP contribution in [-0.4, -0.2) is 30.1 Å². The molecule has 0 aliphatic heterocycles. The average molecular weight is 267 g/mol. The van der Waals surface area contributed by atoms with Crippen molar-refractivity contribution in [3.8, 4) is 0 Å². The highest BCUT2D eigenvalue weighted by Gasteiger charge is 2.21. The number of benzene rings is 1. The van der Waals surface area contributed by atoms with Crippen LogP contribution in [0.15, 0.2) is 47.9 Å². The van der Waals surface area contributed by atoms with Gasteiger partial charge in [0.1, 0.15) is 0 Å². The van der Waals surface area contributed by atoms with Gasteiger partial charge in [0, 0.05) is 0 Å². The Balaban J connectivity index is 2.22. The smallest absolute Gasteiger partial charge is 0.258 e. The van der Waals surface area contributed by atoms with E-state index in [1.54, 1.807) is 24.3 Å². The van der Waals surface area contributed by atoms with Crippen molar-refractivity contribution in [1.29, 1.82) is 0 Å². The number of aromatic nitrogens is 2. The van der Waals surface area contributed by atoms with Gasteiger partial charge in [-0.15, -0.1) is 0 Å². The number of rotatable bonds is 5. The van der Waals surface area contributed by atoms with Crippen molar-refractivity contribution < 1.29 is 13.5 Å². The van der Waals surface area contributed by atoms with Crippen LogP contribution in [0.4, 0.5) is 0 Å². The number of hydrogen-bond acceptors (Lipinski definition) is 4. The predicted molar refractivity (Wildman–Crippen MR) is 65.2 cm³/mol. The number of H-pyrrole nitrogens is 1. The molecular weight excluding hydrogens is 254 g/mol. The van der Waals surface area contributed by atoms with E-state index < -0.39 is 16.1 Å². The van der Waals surface area contributed by atoms with Gasteiger partial charge in [0.15, 0.2) is 5.03 Å². The molecule has 3 N–H and O–H groups in total. The lowest BCUT2D eigenvalue weighted by molar-refractivity contribution is 0.259. The number of aliphatic hydroxyl groups is 1. The van der Waals surface area contributed by atoms with Gasteiger partial charge in [0.05, 0.1) is 25.2 Å². The Morgan fingerprint density at radius 2 is 2.06 bits per heavy atom. The first kappa shape index (κ1) is 12.7. The van der Waals surface area contributed by atoms with Crippen LogP contribution in [0.2, 0.25) is 0 Å². The molecule has 7 heteroatoms. The zero-order valence-electron chi connectivity index (χ0n) is 9.45. The van der Waals surface area contributed by atoms with E-state index in [-0.39, 0.29) is 11.6 Å². The van der Waals surface area contributed by atoms with Gasteiger partial charge in [0.25, 0.3) is 10.0 Å². The van der Waals surface area contributed by atoms with Crippen molar-refractivity contribution in [2.75, 3.05) is 6.61 Å². The van der Waals surface area contributed by atoms with Crippen molar-refractivity contribution in [1.82, 2.24) is 14.7 Å². The van der Waals surface area contributed by atoms with Gasteiger partial charge in [-0.3, -0.25) is 0 Å². The molecule has 2 rings (SSSR count). The van der Waals surface area contributed by atoms with E-state index in [1.807, 2.05) is 6.07 Å². The Labute approximate surface area is 105 Å². The van der Waals surface area contributed by atoms with Crippen LogP contribution in [-0.2, 0) is 10.0 Å². The number of sulfonamides is 1. The molecular formula is C11H13N3O3S. The Bertz CT molecular complexity index is 581. The van der Waals surface area contributed by atoms with Gasteiger partial charge in [-0.05, 0) is 5.56 Å². The third-order valence-corrected chi connectivity index (χ3v) is 3.84. The minimum absolute atomic E-state index is 0.0307. The molecule has 0 radical (unpaired) electrons. The molecule has 0 aliphatic carbocycles. The summed E-state index contributed by atoms with van der Waals surface area (Å²) in [6.45, 7) is -0.322. The SMILES string of the molecule is O=S(=O)(NC(CO)c1ccccc1)c1cnc[nH]1. The highest BCUT2D eigenvalue weighted by Crippen LogP contribution is 2.15. The summed E-state index contributed by atoms with van der Waals surface area (Å²) in [6.07, 6.45) is 2.49. The lowest BCUT2D eigenvalue weighted by Gasteiger charge is -2.15. The van der Waals surface area contributed by atoms with Gasteiger partial charge >= 0.3 is 0 Å². The summed E-state index contributed by atoms with van der Waals surface area (Å²) in [6, 6.07) is 8.19. The Kier molecular flexibility index (Phi) is 3.75. The fraction of sp³-hybridized carbons (Fsp3) is 0.182. The normalized spacial score (nSPS) is 13.4. The van der Waals surface area contributed by atoms with E-state index in [4.69, 9.17) is 0 Å². The largest absolute Gasteiger partial charge is 0.394 e. The Morgan fingerprint density at radius 1 is 1.33 bits per heavy atom. The average Bonchev–Trinajstić information content (AvgIpc) is 2.92. The number of hydrogen-bond donors (Lipinski definition) is 3. The molecule has 1 unspecified atom stereocenters. The standard InChI is InChI=1S/C11H13N3O3S/c15-7-10(9-4-2-1-3-5-9)14-18(16,17)11-6-12-8-13-11/h1-6,8,10,14-15H,7H2,(H,12,13). The summed E-state index contributed by atoms with van der Waals surface area (Å²) in [7, 11) is -3.70. The molecule has 1 aromatic heterocycles. The van der Waals surface area contributed by atoms with Crippen LogP contribution < -0.4 is 4.72 Å². The molecule has 6 nitrogen and oxygen atoms in total. The Hall–Kier alpha value is -1.70. The first-order valence-corrected chi connectivity index (χ1v) is 6.78. The minimum Gasteiger partial charge on any atom is -0.394 e. The second kappa shape index (κ2) is 5.30. The van der Waals surface area contributed by atoms with E-state index in [9.17, 15) is 13.5 Å². The van der Waals surface area contributed by atoms with Gasteiger partial charge in [-0.1, -0.05) is 30.3 Å². The fourth-order valence-corrected chi connectivity index (χ4v) is 2.66. The molecule has 1 heterocycles. The van der Waals surface area contributed by atoms with Gasteiger partial charge < -0.3 is 10.1 Å². The third kappa shape index (κ3) is 2.76. The molecule has 0 bridgehead atoms. The number of nitrogens with one attached hydrogen (secondary N) is 2. The zero-order valence-corrected chi connectivity index (χ0v) is 10.3. The van der Waals surface area contributed by atoms with Crippen LogP contribution in [0.3, 0.4) is 0 Å². The van der Waals surface area contributed by atoms with Crippen LogP contribution in [0.1, 0.15) is 11.6 Å².